The quantitative estimate of drug-likeness (QED) is 0.392. The molecule has 0 unspecified atom stereocenters. The number of hydrogen-bond donors (Lipinski definition) is 1. The average Bonchev–Trinajstić information content (AvgIpc) is 3.50. The summed E-state index contributed by atoms with van der Waals surface area (Å²) < 4.78 is 34.6. The first-order valence-corrected chi connectivity index (χ1v) is 12.3. The standard InChI is InChI=1S/C26H30FN3O5/c27-19-5-7-21-23(15-19)35-29-25(21)18-9-12-30(13-10-18)11-3-1-2-4-14-32-26(31)28-20-6-8-22-24(16-20)34-17-33-22/h5-8,15-16,18H,1-4,9-14,17H2,(H,28,31). The fraction of sp³-hybridized carbons (Fsp3) is 0.462. The molecule has 0 aliphatic carbocycles. The molecule has 0 saturated carbocycles. The number of hydrogen-bond acceptors (Lipinski definition) is 7. The normalized spacial score (nSPS) is 16.0. The molecule has 1 aromatic heterocycles. The van der Waals surface area contributed by atoms with Crippen LogP contribution < -0.4 is 14.8 Å². The van der Waals surface area contributed by atoms with Crippen molar-refractivity contribution in [3.8, 4) is 11.5 Å². The number of ether oxygens (including phenoxy) is 3. The Morgan fingerprint density at radius 1 is 1.06 bits per heavy atom. The van der Waals surface area contributed by atoms with Crippen molar-refractivity contribution in [2.75, 3.05) is 38.4 Å². The second kappa shape index (κ2) is 10.9. The van der Waals surface area contributed by atoms with E-state index in [4.69, 9.17) is 18.7 Å². The number of unbranched alkanes of at least 4 members (excludes halogenated alkanes) is 3. The number of carbonyl (C=O) groups excluding carboxylic acids is 1. The smallest absolute Gasteiger partial charge is 0.411 e. The molecule has 9 heteroatoms. The number of carbonyl (C=O) groups is 1. The average molecular weight is 484 g/mol. The molecule has 0 radical (unpaired) electrons. The Morgan fingerprint density at radius 2 is 1.89 bits per heavy atom. The van der Waals surface area contributed by atoms with Crippen LogP contribution in [-0.4, -0.2) is 49.2 Å². The van der Waals surface area contributed by atoms with Gasteiger partial charge in [-0.3, -0.25) is 5.32 Å². The molecule has 0 atom stereocenters. The van der Waals surface area contributed by atoms with Gasteiger partial charge in [0.1, 0.15) is 5.82 Å². The predicted octanol–water partition coefficient (Wildman–Crippen LogP) is 5.68. The lowest BCUT2D eigenvalue weighted by atomic mass is 9.91. The third-order valence-corrected chi connectivity index (χ3v) is 6.66. The predicted molar refractivity (Wildman–Crippen MR) is 128 cm³/mol. The molecule has 35 heavy (non-hydrogen) atoms. The lowest BCUT2D eigenvalue weighted by molar-refractivity contribution is 0.158. The first-order chi connectivity index (χ1) is 17.2. The summed E-state index contributed by atoms with van der Waals surface area (Å²) in [4.78, 5) is 14.5. The highest BCUT2D eigenvalue weighted by Crippen LogP contribution is 2.34. The third-order valence-electron chi connectivity index (χ3n) is 6.66. The van der Waals surface area contributed by atoms with Crippen LogP contribution in [0.15, 0.2) is 40.9 Å². The second-order valence-corrected chi connectivity index (χ2v) is 9.07. The monoisotopic (exact) mass is 483 g/mol. The number of nitrogens with one attached hydrogen (secondary N) is 1. The van der Waals surface area contributed by atoms with Gasteiger partial charge in [-0.05, 0) is 69.6 Å². The summed E-state index contributed by atoms with van der Waals surface area (Å²) in [7, 11) is 0. The fourth-order valence-corrected chi connectivity index (χ4v) is 4.74. The Morgan fingerprint density at radius 3 is 2.77 bits per heavy atom. The number of aromatic nitrogens is 1. The molecule has 0 bridgehead atoms. The van der Waals surface area contributed by atoms with Crippen molar-refractivity contribution in [3.63, 3.8) is 0 Å². The van der Waals surface area contributed by atoms with Gasteiger partial charge in [0.25, 0.3) is 0 Å². The molecule has 1 saturated heterocycles. The SMILES string of the molecule is O=C(Nc1ccc2c(c1)OCO2)OCCCCCCN1CCC(c2noc3cc(F)ccc23)CC1. The maximum Gasteiger partial charge on any atom is 0.411 e. The summed E-state index contributed by atoms with van der Waals surface area (Å²) in [6.07, 6.45) is 5.70. The van der Waals surface area contributed by atoms with E-state index in [2.05, 4.69) is 15.4 Å². The van der Waals surface area contributed by atoms with Crippen LogP contribution in [0, 0.1) is 5.82 Å². The molecule has 1 amide bonds. The Labute approximate surface area is 203 Å². The Kier molecular flexibility index (Phi) is 7.32. The molecule has 2 aromatic carbocycles. The molecule has 1 fully saturated rings. The summed E-state index contributed by atoms with van der Waals surface area (Å²) in [6.45, 7) is 3.73. The first-order valence-electron chi connectivity index (χ1n) is 12.3. The van der Waals surface area contributed by atoms with E-state index in [-0.39, 0.29) is 12.6 Å². The molecule has 3 heterocycles. The number of fused-ring (bicyclic) bond motifs is 2. The molecule has 5 rings (SSSR count). The van der Waals surface area contributed by atoms with Crippen molar-refractivity contribution < 1.29 is 27.9 Å². The zero-order valence-corrected chi connectivity index (χ0v) is 19.6. The van der Waals surface area contributed by atoms with Gasteiger partial charge < -0.3 is 23.6 Å². The van der Waals surface area contributed by atoms with Crippen molar-refractivity contribution in [2.24, 2.45) is 0 Å². The van der Waals surface area contributed by atoms with Crippen LogP contribution in [0.2, 0.25) is 0 Å². The zero-order chi connectivity index (χ0) is 24.0. The van der Waals surface area contributed by atoms with E-state index >= 15 is 0 Å². The van der Waals surface area contributed by atoms with E-state index < -0.39 is 6.09 Å². The van der Waals surface area contributed by atoms with Gasteiger partial charge in [0.15, 0.2) is 17.1 Å². The molecule has 2 aliphatic heterocycles. The van der Waals surface area contributed by atoms with Gasteiger partial charge >= 0.3 is 6.09 Å². The number of anilines is 1. The molecule has 2 aliphatic rings. The number of amides is 1. The molecule has 1 N–H and O–H groups in total. The van der Waals surface area contributed by atoms with Crippen molar-refractivity contribution in [1.29, 1.82) is 0 Å². The van der Waals surface area contributed by atoms with Crippen LogP contribution in [-0.2, 0) is 4.74 Å². The van der Waals surface area contributed by atoms with E-state index in [0.29, 0.717) is 35.3 Å². The number of piperidine rings is 1. The van der Waals surface area contributed by atoms with Gasteiger partial charge in [0.2, 0.25) is 6.79 Å². The Hall–Kier alpha value is -3.33. The highest BCUT2D eigenvalue weighted by molar-refractivity contribution is 5.85. The van der Waals surface area contributed by atoms with Crippen LogP contribution in [0.25, 0.3) is 11.0 Å². The lowest BCUT2D eigenvalue weighted by Crippen LogP contribution is -2.33. The molecule has 3 aromatic rings. The summed E-state index contributed by atoms with van der Waals surface area (Å²) in [5.74, 6) is 1.36. The number of benzene rings is 2. The summed E-state index contributed by atoms with van der Waals surface area (Å²) in [5, 5.41) is 7.87. The van der Waals surface area contributed by atoms with Gasteiger partial charge in [0, 0.05) is 29.1 Å². The minimum atomic E-state index is -0.461. The Bertz CT molecular complexity index is 1160. The van der Waals surface area contributed by atoms with Crippen LogP contribution in [0.1, 0.15) is 50.1 Å². The number of nitrogens with zero attached hydrogens (tertiary/aromatic N) is 2. The van der Waals surface area contributed by atoms with E-state index in [1.807, 2.05) is 0 Å². The third kappa shape index (κ3) is 5.85. The lowest BCUT2D eigenvalue weighted by Gasteiger charge is -2.31. The highest BCUT2D eigenvalue weighted by atomic mass is 19.1. The fourth-order valence-electron chi connectivity index (χ4n) is 4.74. The van der Waals surface area contributed by atoms with Gasteiger partial charge in [-0.2, -0.15) is 0 Å². The summed E-state index contributed by atoms with van der Waals surface area (Å²) in [5.41, 5.74) is 2.10. The van der Waals surface area contributed by atoms with Crippen molar-refractivity contribution >= 4 is 22.7 Å². The summed E-state index contributed by atoms with van der Waals surface area (Å²) in [6, 6.07) is 9.88. The number of likely N-dealkylation sites (tertiary alicyclic amines) is 1. The molecule has 0 spiro atoms. The largest absolute Gasteiger partial charge is 0.454 e. The van der Waals surface area contributed by atoms with Crippen LogP contribution in [0.5, 0.6) is 11.5 Å². The second-order valence-electron chi connectivity index (χ2n) is 9.07. The molecular formula is C26H30FN3O5. The van der Waals surface area contributed by atoms with Crippen molar-refractivity contribution in [3.05, 3.63) is 47.9 Å². The zero-order valence-electron chi connectivity index (χ0n) is 19.6. The van der Waals surface area contributed by atoms with Crippen LogP contribution in [0.3, 0.4) is 0 Å². The minimum Gasteiger partial charge on any atom is -0.454 e. The molecule has 8 nitrogen and oxygen atoms in total. The highest BCUT2D eigenvalue weighted by Gasteiger charge is 2.25. The van der Waals surface area contributed by atoms with Crippen molar-refractivity contribution in [1.82, 2.24) is 10.1 Å². The van der Waals surface area contributed by atoms with E-state index in [1.54, 1.807) is 24.3 Å². The Balaban J connectivity index is 0.930. The first kappa shape index (κ1) is 23.4. The molecular weight excluding hydrogens is 453 g/mol. The van der Waals surface area contributed by atoms with Gasteiger partial charge in [-0.1, -0.05) is 18.0 Å². The van der Waals surface area contributed by atoms with Gasteiger partial charge in [0.05, 0.1) is 12.3 Å². The van der Waals surface area contributed by atoms with Crippen LogP contribution >= 0.6 is 0 Å². The van der Waals surface area contributed by atoms with Gasteiger partial charge in [-0.15, -0.1) is 0 Å². The maximum absolute atomic E-state index is 13.4. The van der Waals surface area contributed by atoms with E-state index in [9.17, 15) is 9.18 Å². The number of halogens is 1. The van der Waals surface area contributed by atoms with E-state index in [0.717, 1.165) is 69.2 Å². The van der Waals surface area contributed by atoms with E-state index in [1.165, 1.54) is 12.1 Å². The topological polar surface area (TPSA) is 86.1 Å². The molecule has 186 valence electrons. The number of rotatable bonds is 9. The van der Waals surface area contributed by atoms with Gasteiger partial charge in [-0.25, -0.2) is 9.18 Å². The maximum atomic E-state index is 13.4. The van der Waals surface area contributed by atoms with Crippen LogP contribution in [0.4, 0.5) is 14.9 Å². The minimum absolute atomic E-state index is 0.199. The van der Waals surface area contributed by atoms with Crippen molar-refractivity contribution in [2.45, 2.75) is 44.4 Å². The summed E-state index contributed by atoms with van der Waals surface area (Å²) >= 11 is 0.